The zero-order valence-corrected chi connectivity index (χ0v) is 14.6. The summed E-state index contributed by atoms with van der Waals surface area (Å²) in [7, 11) is 0. The first-order valence-corrected chi connectivity index (χ1v) is 8.45. The van der Waals surface area contributed by atoms with Crippen molar-refractivity contribution >= 4 is 34.5 Å². The van der Waals surface area contributed by atoms with E-state index in [9.17, 15) is 4.79 Å². The van der Waals surface area contributed by atoms with E-state index in [1.807, 2.05) is 18.2 Å². The van der Waals surface area contributed by atoms with Crippen LogP contribution in [0.4, 0.5) is 5.69 Å². The van der Waals surface area contributed by atoms with Crippen LogP contribution >= 0.6 is 22.9 Å². The monoisotopic (exact) mass is 336 g/mol. The van der Waals surface area contributed by atoms with Crippen molar-refractivity contribution < 1.29 is 4.79 Å². The molecule has 1 heterocycles. The van der Waals surface area contributed by atoms with Crippen LogP contribution in [-0.4, -0.2) is 12.5 Å². The van der Waals surface area contributed by atoms with Gasteiger partial charge in [0.25, 0.3) is 0 Å². The molecular formula is C17H21ClN2OS. The summed E-state index contributed by atoms with van der Waals surface area (Å²) in [6.07, 6.45) is 0. The van der Waals surface area contributed by atoms with Crippen molar-refractivity contribution in [1.82, 2.24) is 5.32 Å². The molecule has 2 N–H and O–H groups in total. The van der Waals surface area contributed by atoms with E-state index in [2.05, 4.69) is 42.9 Å². The van der Waals surface area contributed by atoms with Crippen LogP contribution in [0.1, 0.15) is 31.7 Å². The van der Waals surface area contributed by atoms with E-state index in [-0.39, 0.29) is 23.9 Å². The second-order valence-electron chi connectivity index (χ2n) is 6.22. The van der Waals surface area contributed by atoms with Crippen LogP contribution in [0.5, 0.6) is 0 Å². The molecule has 0 aliphatic rings. The maximum Gasteiger partial charge on any atom is 0.238 e. The molecule has 22 heavy (non-hydrogen) atoms. The Morgan fingerprint density at radius 3 is 2.55 bits per heavy atom. The zero-order valence-electron chi connectivity index (χ0n) is 13.0. The third kappa shape index (κ3) is 4.57. The van der Waals surface area contributed by atoms with Crippen LogP contribution < -0.4 is 10.6 Å². The fourth-order valence-corrected chi connectivity index (χ4v) is 3.47. The van der Waals surface area contributed by atoms with E-state index >= 15 is 0 Å². The molecule has 0 saturated heterocycles. The average Bonchev–Trinajstić information content (AvgIpc) is 2.94. The van der Waals surface area contributed by atoms with E-state index in [0.29, 0.717) is 10.7 Å². The number of amides is 1. The first-order chi connectivity index (χ1) is 10.4. The molecule has 1 aromatic heterocycles. The number of halogens is 1. The van der Waals surface area contributed by atoms with Crippen molar-refractivity contribution in [2.75, 3.05) is 11.9 Å². The average molecular weight is 337 g/mol. The molecule has 0 aliphatic carbocycles. The van der Waals surface area contributed by atoms with Crippen LogP contribution in [0.3, 0.4) is 0 Å². The lowest BCUT2D eigenvalue weighted by atomic mass is 9.86. The molecule has 5 heteroatoms. The maximum atomic E-state index is 12.1. The summed E-state index contributed by atoms with van der Waals surface area (Å²) in [4.78, 5) is 13.4. The van der Waals surface area contributed by atoms with Gasteiger partial charge in [-0.25, -0.2) is 0 Å². The number of anilines is 1. The molecule has 1 amide bonds. The quantitative estimate of drug-likeness (QED) is 0.829. The van der Waals surface area contributed by atoms with Gasteiger partial charge in [0, 0.05) is 10.9 Å². The van der Waals surface area contributed by atoms with E-state index in [4.69, 9.17) is 11.6 Å². The maximum absolute atomic E-state index is 12.1. The van der Waals surface area contributed by atoms with Gasteiger partial charge in [-0.3, -0.25) is 4.79 Å². The molecular weight excluding hydrogens is 316 g/mol. The molecule has 1 unspecified atom stereocenters. The van der Waals surface area contributed by atoms with Gasteiger partial charge in [-0.05, 0) is 29.0 Å². The number of benzene rings is 1. The van der Waals surface area contributed by atoms with Gasteiger partial charge in [0.2, 0.25) is 5.91 Å². The van der Waals surface area contributed by atoms with Gasteiger partial charge < -0.3 is 10.6 Å². The normalized spacial score (nSPS) is 12.9. The van der Waals surface area contributed by atoms with Crippen LogP contribution in [0, 0.1) is 5.41 Å². The van der Waals surface area contributed by atoms with Gasteiger partial charge in [0.15, 0.2) is 0 Å². The highest BCUT2D eigenvalue weighted by Gasteiger charge is 2.27. The van der Waals surface area contributed by atoms with Crippen molar-refractivity contribution in [3.8, 4) is 0 Å². The fourth-order valence-electron chi connectivity index (χ4n) is 2.24. The van der Waals surface area contributed by atoms with Crippen molar-refractivity contribution in [3.05, 3.63) is 51.7 Å². The Labute approximate surface area is 140 Å². The van der Waals surface area contributed by atoms with Crippen LogP contribution in [0.2, 0.25) is 5.02 Å². The van der Waals surface area contributed by atoms with Crippen LogP contribution in [0.25, 0.3) is 0 Å². The Kier molecular flexibility index (Phi) is 5.62. The minimum absolute atomic E-state index is 0.0233. The van der Waals surface area contributed by atoms with Crippen LogP contribution in [-0.2, 0) is 4.79 Å². The predicted octanol–water partition coefficient (Wildman–Crippen LogP) is 4.72. The number of carbonyl (C=O) groups is 1. The minimum Gasteiger partial charge on any atom is -0.324 e. The highest BCUT2D eigenvalue weighted by molar-refractivity contribution is 7.10. The number of thiophene rings is 1. The number of rotatable bonds is 5. The standard InChI is InChI=1S/C17H21ClN2OS/c1-17(2,3)16(14-9-6-10-22-14)19-11-15(21)20-13-8-5-4-7-12(13)18/h4-10,16,19H,11H2,1-3H3,(H,20,21). The topological polar surface area (TPSA) is 41.1 Å². The number of carbonyl (C=O) groups excluding carboxylic acids is 1. The smallest absolute Gasteiger partial charge is 0.238 e. The second kappa shape index (κ2) is 7.27. The Balaban J connectivity index is 1.98. The lowest BCUT2D eigenvalue weighted by molar-refractivity contribution is -0.115. The van der Waals surface area contributed by atoms with Gasteiger partial charge in [-0.1, -0.05) is 50.6 Å². The first kappa shape index (κ1) is 17.0. The molecule has 0 bridgehead atoms. The lowest BCUT2D eigenvalue weighted by Crippen LogP contribution is -2.37. The van der Waals surface area contributed by atoms with E-state index < -0.39 is 0 Å². The SMILES string of the molecule is CC(C)(C)C(NCC(=O)Nc1ccccc1Cl)c1cccs1. The summed E-state index contributed by atoms with van der Waals surface area (Å²) in [5.41, 5.74) is 0.662. The number of hydrogen-bond acceptors (Lipinski definition) is 3. The summed E-state index contributed by atoms with van der Waals surface area (Å²) in [6.45, 7) is 6.73. The second-order valence-corrected chi connectivity index (χ2v) is 7.61. The Morgan fingerprint density at radius 1 is 1.23 bits per heavy atom. The highest BCUT2D eigenvalue weighted by atomic mass is 35.5. The molecule has 0 saturated carbocycles. The molecule has 0 fully saturated rings. The Morgan fingerprint density at radius 2 is 1.95 bits per heavy atom. The molecule has 118 valence electrons. The van der Waals surface area contributed by atoms with Gasteiger partial charge >= 0.3 is 0 Å². The molecule has 0 spiro atoms. The third-order valence-corrected chi connectivity index (χ3v) is 4.58. The van der Waals surface area contributed by atoms with E-state index in [1.165, 1.54) is 4.88 Å². The largest absolute Gasteiger partial charge is 0.324 e. The molecule has 0 aliphatic heterocycles. The number of nitrogens with one attached hydrogen (secondary N) is 2. The van der Waals surface area contributed by atoms with Crippen molar-refractivity contribution in [1.29, 1.82) is 0 Å². The molecule has 1 atom stereocenters. The van der Waals surface area contributed by atoms with Gasteiger partial charge in [0.1, 0.15) is 0 Å². The van der Waals surface area contributed by atoms with Gasteiger partial charge in [0.05, 0.1) is 17.3 Å². The Hall–Kier alpha value is -1.36. The molecule has 1 aromatic carbocycles. The van der Waals surface area contributed by atoms with E-state index in [1.54, 1.807) is 23.5 Å². The van der Waals surface area contributed by atoms with Crippen molar-refractivity contribution in [3.63, 3.8) is 0 Å². The number of para-hydroxylation sites is 1. The summed E-state index contributed by atoms with van der Waals surface area (Å²) in [5, 5.41) is 8.79. The number of hydrogen-bond donors (Lipinski definition) is 2. The van der Waals surface area contributed by atoms with Crippen molar-refractivity contribution in [2.24, 2.45) is 5.41 Å². The Bertz CT molecular complexity index is 620. The van der Waals surface area contributed by atoms with E-state index in [0.717, 1.165) is 0 Å². The summed E-state index contributed by atoms with van der Waals surface area (Å²) < 4.78 is 0. The third-order valence-electron chi connectivity index (χ3n) is 3.31. The summed E-state index contributed by atoms with van der Waals surface area (Å²) >= 11 is 7.75. The highest BCUT2D eigenvalue weighted by Crippen LogP contribution is 2.34. The van der Waals surface area contributed by atoms with Gasteiger partial charge in [-0.2, -0.15) is 0 Å². The minimum atomic E-state index is -0.0982. The molecule has 2 aromatic rings. The predicted molar refractivity (Wildman–Crippen MR) is 94.6 cm³/mol. The summed E-state index contributed by atoms with van der Waals surface area (Å²) in [5.74, 6) is -0.0982. The molecule has 3 nitrogen and oxygen atoms in total. The lowest BCUT2D eigenvalue weighted by Gasteiger charge is -2.30. The summed E-state index contributed by atoms with van der Waals surface area (Å²) in [6, 6.07) is 11.5. The molecule has 2 rings (SSSR count). The fraction of sp³-hybridized carbons (Fsp3) is 0.353. The van der Waals surface area contributed by atoms with Crippen LogP contribution in [0.15, 0.2) is 41.8 Å². The van der Waals surface area contributed by atoms with Crippen molar-refractivity contribution in [2.45, 2.75) is 26.8 Å². The van der Waals surface area contributed by atoms with Gasteiger partial charge in [-0.15, -0.1) is 11.3 Å². The first-order valence-electron chi connectivity index (χ1n) is 7.19. The zero-order chi connectivity index (χ0) is 16.2. The molecule has 0 radical (unpaired) electrons.